The van der Waals surface area contributed by atoms with Crippen molar-refractivity contribution in [2.45, 2.75) is 71.4 Å². The Balaban J connectivity index is 3.27. The van der Waals surface area contributed by atoms with Crippen molar-refractivity contribution < 1.29 is 47.6 Å². The second kappa shape index (κ2) is 12.6. The SMILES string of the molecule is CC(=O)OC[C@H]1O[C@@H](OC(C)C)[C@H](NC(=O)OCN=[N+]=[N-])[C@@H](OC(C)=O)[C@@H]1OC(C)=O. The van der Waals surface area contributed by atoms with Crippen molar-refractivity contribution in [2.24, 2.45) is 5.11 Å². The highest BCUT2D eigenvalue weighted by atomic mass is 16.7. The molecule has 0 saturated carbocycles. The minimum Gasteiger partial charge on any atom is -0.463 e. The molecule has 0 aromatic carbocycles. The first-order valence-electron chi connectivity index (χ1n) is 9.28. The molecule has 1 saturated heterocycles. The quantitative estimate of drug-likeness (QED) is 0.175. The summed E-state index contributed by atoms with van der Waals surface area (Å²) < 4.78 is 31.8. The molecule has 1 rings (SSSR count). The zero-order valence-electron chi connectivity index (χ0n) is 17.8. The van der Waals surface area contributed by atoms with Gasteiger partial charge < -0.3 is 33.7 Å². The van der Waals surface area contributed by atoms with Gasteiger partial charge in [0.1, 0.15) is 18.8 Å². The van der Waals surface area contributed by atoms with Crippen LogP contribution >= 0.6 is 0 Å². The van der Waals surface area contributed by atoms with Crippen LogP contribution in [0.15, 0.2) is 5.11 Å². The van der Waals surface area contributed by atoms with Crippen LogP contribution in [0.3, 0.4) is 0 Å². The normalized spacial score (nSPS) is 25.0. The van der Waals surface area contributed by atoms with Crippen LogP contribution in [0.25, 0.3) is 10.4 Å². The molecule has 31 heavy (non-hydrogen) atoms. The Bertz CT molecular complexity index is 709. The summed E-state index contributed by atoms with van der Waals surface area (Å²) in [5.41, 5.74) is 8.29. The molecule has 1 heterocycles. The van der Waals surface area contributed by atoms with Gasteiger partial charge in [0.2, 0.25) is 0 Å². The second-order valence-corrected chi connectivity index (χ2v) is 6.64. The smallest absolute Gasteiger partial charge is 0.407 e. The monoisotopic (exact) mass is 446 g/mol. The summed E-state index contributed by atoms with van der Waals surface area (Å²) in [6, 6.07) is -1.19. The average Bonchev–Trinajstić information content (AvgIpc) is 2.64. The van der Waals surface area contributed by atoms with Crippen molar-refractivity contribution in [3.05, 3.63) is 10.4 Å². The van der Waals surface area contributed by atoms with Crippen molar-refractivity contribution in [3.63, 3.8) is 0 Å². The van der Waals surface area contributed by atoms with E-state index in [9.17, 15) is 19.2 Å². The summed E-state index contributed by atoms with van der Waals surface area (Å²) in [6.07, 6.45) is -6.25. The predicted molar refractivity (Wildman–Crippen MR) is 100 cm³/mol. The standard InChI is InChI=1S/C17H26N4O10/c1-8(2)28-16-13(20-17(25)27-7-19-21-18)15(30-11(5)24)14(29-10(4)23)12(31-16)6-26-9(3)22/h8,12-16H,6-7H2,1-5H3,(H,20,25)/t12-,13-,14-,15-,16-/m1/s1. The predicted octanol–water partition coefficient (Wildman–Crippen LogP) is 0.925. The number of amides is 1. The first kappa shape index (κ1) is 25.9. The van der Waals surface area contributed by atoms with Gasteiger partial charge in [0, 0.05) is 25.7 Å². The van der Waals surface area contributed by atoms with E-state index in [-0.39, 0.29) is 6.61 Å². The first-order valence-corrected chi connectivity index (χ1v) is 9.28. The molecule has 0 aliphatic carbocycles. The Labute approximate surface area is 178 Å². The molecule has 14 nitrogen and oxygen atoms in total. The lowest BCUT2D eigenvalue weighted by atomic mass is 9.96. The van der Waals surface area contributed by atoms with Gasteiger partial charge >= 0.3 is 24.0 Å². The maximum absolute atomic E-state index is 12.1. The van der Waals surface area contributed by atoms with E-state index >= 15 is 0 Å². The number of azide groups is 1. The van der Waals surface area contributed by atoms with Crippen molar-refractivity contribution in [2.75, 3.05) is 13.3 Å². The number of nitrogens with one attached hydrogen (secondary N) is 1. The molecule has 5 atom stereocenters. The van der Waals surface area contributed by atoms with Crippen LogP contribution in [-0.4, -0.2) is 74.1 Å². The Morgan fingerprint density at radius 1 is 1.03 bits per heavy atom. The zero-order valence-corrected chi connectivity index (χ0v) is 17.8. The first-order chi connectivity index (χ1) is 14.5. The summed E-state index contributed by atoms with van der Waals surface area (Å²) in [7, 11) is 0. The molecule has 1 N–H and O–H groups in total. The highest BCUT2D eigenvalue weighted by Gasteiger charge is 2.51. The van der Waals surface area contributed by atoms with E-state index in [1.165, 1.54) is 6.92 Å². The van der Waals surface area contributed by atoms with Crippen LogP contribution in [0.1, 0.15) is 34.6 Å². The van der Waals surface area contributed by atoms with Crippen LogP contribution in [0.2, 0.25) is 0 Å². The molecule has 0 radical (unpaired) electrons. The Morgan fingerprint density at radius 3 is 2.16 bits per heavy atom. The molecule has 1 aliphatic heterocycles. The van der Waals surface area contributed by atoms with E-state index in [1.54, 1.807) is 13.8 Å². The van der Waals surface area contributed by atoms with Gasteiger partial charge in [-0.05, 0) is 19.4 Å². The molecule has 1 aliphatic rings. The number of alkyl carbamates (subject to hydrolysis) is 1. The molecular formula is C17H26N4O10. The van der Waals surface area contributed by atoms with Crippen LogP contribution in [0.4, 0.5) is 4.79 Å². The Hall–Kier alpha value is -3.09. The number of rotatable bonds is 9. The average molecular weight is 446 g/mol. The lowest BCUT2D eigenvalue weighted by Crippen LogP contribution is -2.67. The molecule has 14 heteroatoms. The molecule has 0 aromatic rings. The fourth-order valence-electron chi connectivity index (χ4n) is 2.73. The number of carbonyl (C=O) groups is 4. The van der Waals surface area contributed by atoms with E-state index < -0.39 is 67.5 Å². The van der Waals surface area contributed by atoms with Crippen LogP contribution in [-0.2, 0) is 42.8 Å². The fraction of sp³-hybridized carbons (Fsp3) is 0.765. The van der Waals surface area contributed by atoms with Crippen molar-refractivity contribution in [1.82, 2.24) is 5.32 Å². The van der Waals surface area contributed by atoms with E-state index in [4.69, 9.17) is 34.0 Å². The van der Waals surface area contributed by atoms with Gasteiger partial charge in [0.15, 0.2) is 25.2 Å². The summed E-state index contributed by atoms with van der Waals surface area (Å²) in [4.78, 5) is 49.3. The Morgan fingerprint density at radius 2 is 1.65 bits per heavy atom. The highest BCUT2D eigenvalue weighted by molar-refractivity contribution is 5.69. The van der Waals surface area contributed by atoms with Gasteiger partial charge in [0.05, 0.1) is 6.10 Å². The second-order valence-electron chi connectivity index (χ2n) is 6.64. The number of esters is 3. The third-order valence-electron chi connectivity index (χ3n) is 3.71. The molecule has 174 valence electrons. The zero-order chi connectivity index (χ0) is 23.6. The number of hydrogen-bond donors (Lipinski definition) is 1. The van der Waals surface area contributed by atoms with Gasteiger partial charge in [-0.1, -0.05) is 5.11 Å². The minimum absolute atomic E-state index is 0.336. The van der Waals surface area contributed by atoms with E-state index in [0.717, 1.165) is 13.8 Å². The lowest BCUT2D eigenvalue weighted by Gasteiger charge is -2.45. The number of nitrogens with zero attached hydrogens (tertiary/aromatic N) is 3. The van der Waals surface area contributed by atoms with Gasteiger partial charge in [0.25, 0.3) is 0 Å². The summed E-state index contributed by atoms with van der Waals surface area (Å²) >= 11 is 0. The topological polar surface area (TPSA) is 184 Å². The van der Waals surface area contributed by atoms with E-state index in [1.807, 2.05) is 0 Å². The van der Waals surface area contributed by atoms with Crippen LogP contribution in [0.5, 0.6) is 0 Å². The molecule has 0 unspecified atom stereocenters. The maximum atomic E-state index is 12.1. The third kappa shape index (κ3) is 9.07. The summed E-state index contributed by atoms with van der Waals surface area (Å²) in [5, 5.41) is 5.49. The maximum Gasteiger partial charge on any atom is 0.407 e. The Kier molecular flexibility index (Phi) is 10.5. The number of ether oxygens (including phenoxy) is 6. The van der Waals surface area contributed by atoms with Gasteiger partial charge in [-0.25, -0.2) is 4.79 Å². The van der Waals surface area contributed by atoms with Crippen molar-refractivity contribution >= 4 is 24.0 Å². The summed E-state index contributed by atoms with van der Waals surface area (Å²) in [5.74, 6) is -2.09. The molecule has 1 amide bonds. The van der Waals surface area contributed by atoms with Crippen LogP contribution < -0.4 is 5.32 Å². The third-order valence-corrected chi connectivity index (χ3v) is 3.71. The molecule has 1 fully saturated rings. The minimum atomic E-state index is -1.29. The molecule has 0 spiro atoms. The largest absolute Gasteiger partial charge is 0.463 e. The number of hydrogen-bond acceptors (Lipinski definition) is 11. The number of carbonyl (C=O) groups excluding carboxylic acids is 4. The van der Waals surface area contributed by atoms with Gasteiger partial charge in [-0.3, -0.25) is 14.4 Å². The van der Waals surface area contributed by atoms with E-state index in [2.05, 4.69) is 15.3 Å². The van der Waals surface area contributed by atoms with Crippen molar-refractivity contribution in [3.8, 4) is 0 Å². The molecule has 0 bridgehead atoms. The van der Waals surface area contributed by atoms with Gasteiger partial charge in [-0.15, -0.1) is 0 Å². The fourth-order valence-corrected chi connectivity index (χ4v) is 2.73. The molecular weight excluding hydrogens is 420 g/mol. The van der Waals surface area contributed by atoms with Crippen LogP contribution in [0, 0.1) is 0 Å². The molecule has 0 aromatic heterocycles. The van der Waals surface area contributed by atoms with Crippen molar-refractivity contribution in [1.29, 1.82) is 0 Å². The lowest BCUT2D eigenvalue weighted by molar-refractivity contribution is -0.284. The highest BCUT2D eigenvalue weighted by Crippen LogP contribution is 2.28. The van der Waals surface area contributed by atoms with E-state index in [0.29, 0.717) is 0 Å². The van der Waals surface area contributed by atoms with Gasteiger partial charge in [-0.2, -0.15) is 0 Å². The summed E-state index contributed by atoms with van der Waals surface area (Å²) in [6.45, 7) is 5.89.